The second kappa shape index (κ2) is 6.24. The van der Waals surface area contributed by atoms with Crippen molar-refractivity contribution < 1.29 is 19.1 Å². The van der Waals surface area contributed by atoms with Crippen molar-refractivity contribution in [2.75, 3.05) is 12.8 Å². The molecule has 0 radical (unpaired) electrons. The number of carbonyl (C=O) groups is 2. The largest absolute Gasteiger partial charge is 0.478 e. The molecule has 0 saturated heterocycles. The fourth-order valence-electron chi connectivity index (χ4n) is 1.14. The first kappa shape index (κ1) is 13.5. The third kappa shape index (κ3) is 4.07. The average Bonchev–Trinajstić information content (AvgIpc) is 2.30. The summed E-state index contributed by atoms with van der Waals surface area (Å²) >= 11 is 1.31. The van der Waals surface area contributed by atoms with E-state index in [0.29, 0.717) is 17.1 Å². The van der Waals surface area contributed by atoms with E-state index < -0.39 is 11.8 Å². The minimum Gasteiger partial charge on any atom is -0.478 e. The summed E-state index contributed by atoms with van der Waals surface area (Å²) in [5, 5.41) is 11.2. The number of aromatic carboxylic acids is 1. The highest BCUT2D eigenvalue weighted by atomic mass is 32.2. The monoisotopic (exact) mass is 257 g/mol. The number of carbonyl (C=O) groups excluding carboxylic acids is 1. The Bertz CT molecular complexity index is 437. The molecule has 6 heteroatoms. The van der Waals surface area contributed by atoms with Gasteiger partial charge >= 0.3 is 5.97 Å². The van der Waals surface area contributed by atoms with Crippen LogP contribution in [0.15, 0.2) is 23.1 Å². The van der Waals surface area contributed by atoms with Gasteiger partial charge in [-0.15, -0.1) is 11.8 Å². The molecule has 2 N–H and O–H groups in total. The third-order valence-corrected chi connectivity index (χ3v) is 3.04. The number of carboxylic acid groups (broad SMARTS) is 1. The van der Waals surface area contributed by atoms with Gasteiger partial charge in [-0.1, -0.05) is 0 Å². The molecule has 1 rings (SSSR count). The number of nitrogens with one attached hydrogen (secondary N) is 1. The van der Waals surface area contributed by atoms with Gasteiger partial charge in [0, 0.05) is 24.1 Å². The predicted molar refractivity (Wildman–Crippen MR) is 62.8 cm³/mol. The summed E-state index contributed by atoms with van der Waals surface area (Å²) in [4.78, 5) is 22.3. The van der Waals surface area contributed by atoms with Crippen molar-refractivity contribution in [1.29, 1.82) is 0 Å². The molecule has 0 aromatic heterocycles. The molecule has 1 amide bonds. The summed E-state index contributed by atoms with van der Waals surface area (Å²) in [5.41, 5.74) is -0.352. The smallest absolute Gasteiger partial charge is 0.338 e. The Hall–Kier alpha value is -1.56. The van der Waals surface area contributed by atoms with E-state index in [1.807, 2.05) is 0 Å². The molecule has 0 fully saturated rings. The van der Waals surface area contributed by atoms with Crippen LogP contribution in [0.1, 0.15) is 16.8 Å². The minimum atomic E-state index is -1.30. The second-order valence-corrected chi connectivity index (χ2v) is 4.39. The van der Waals surface area contributed by atoms with E-state index in [-0.39, 0.29) is 11.5 Å². The quantitative estimate of drug-likeness (QED) is 0.789. The number of benzene rings is 1. The van der Waals surface area contributed by atoms with Crippen LogP contribution in [-0.4, -0.2) is 29.8 Å². The molecule has 1 aromatic rings. The number of hydrogen-bond acceptors (Lipinski definition) is 3. The van der Waals surface area contributed by atoms with Crippen molar-refractivity contribution >= 4 is 23.6 Å². The Kier molecular flexibility index (Phi) is 4.96. The van der Waals surface area contributed by atoms with Gasteiger partial charge in [0.05, 0.1) is 5.56 Å². The van der Waals surface area contributed by atoms with Gasteiger partial charge in [-0.25, -0.2) is 9.18 Å². The van der Waals surface area contributed by atoms with Crippen LogP contribution in [0.4, 0.5) is 4.39 Å². The maximum absolute atomic E-state index is 13.1. The summed E-state index contributed by atoms with van der Waals surface area (Å²) < 4.78 is 13.1. The molecule has 0 spiro atoms. The van der Waals surface area contributed by atoms with E-state index in [0.717, 1.165) is 6.07 Å². The van der Waals surface area contributed by atoms with Gasteiger partial charge in [0.15, 0.2) is 0 Å². The van der Waals surface area contributed by atoms with E-state index >= 15 is 0 Å². The summed E-state index contributed by atoms with van der Waals surface area (Å²) in [6.45, 7) is 0. The predicted octanol–water partition coefficient (Wildman–Crippen LogP) is 1.75. The Labute approximate surface area is 102 Å². The maximum atomic E-state index is 13.1. The zero-order valence-electron chi connectivity index (χ0n) is 9.20. The lowest BCUT2D eigenvalue weighted by molar-refractivity contribution is -0.120. The Morgan fingerprint density at radius 3 is 2.76 bits per heavy atom. The normalized spacial score (nSPS) is 10.0. The van der Waals surface area contributed by atoms with Crippen LogP contribution in [0.25, 0.3) is 0 Å². The molecule has 0 atom stereocenters. The number of hydrogen-bond donors (Lipinski definition) is 2. The SMILES string of the molecule is CNC(=O)CCSc1ccc(F)c(C(=O)O)c1. The molecule has 0 aliphatic heterocycles. The fraction of sp³-hybridized carbons (Fsp3) is 0.273. The van der Waals surface area contributed by atoms with Gasteiger partial charge in [0.2, 0.25) is 5.91 Å². The van der Waals surface area contributed by atoms with E-state index in [9.17, 15) is 14.0 Å². The van der Waals surface area contributed by atoms with Crippen LogP contribution in [0.5, 0.6) is 0 Å². The Morgan fingerprint density at radius 1 is 1.47 bits per heavy atom. The molecule has 0 aliphatic carbocycles. The van der Waals surface area contributed by atoms with Crippen molar-refractivity contribution in [3.63, 3.8) is 0 Å². The zero-order valence-corrected chi connectivity index (χ0v) is 10.0. The van der Waals surface area contributed by atoms with E-state index in [1.54, 1.807) is 7.05 Å². The number of carboxylic acids is 1. The van der Waals surface area contributed by atoms with Gasteiger partial charge < -0.3 is 10.4 Å². The first-order valence-corrected chi connectivity index (χ1v) is 5.89. The Balaban J connectivity index is 2.63. The molecule has 92 valence electrons. The second-order valence-electron chi connectivity index (χ2n) is 3.22. The van der Waals surface area contributed by atoms with Crippen molar-refractivity contribution in [3.8, 4) is 0 Å². The van der Waals surface area contributed by atoms with Crippen molar-refractivity contribution in [2.24, 2.45) is 0 Å². The molecule has 0 bridgehead atoms. The van der Waals surface area contributed by atoms with Gasteiger partial charge in [0.1, 0.15) is 5.82 Å². The first-order valence-electron chi connectivity index (χ1n) is 4.91. The highest BCUT2D eigenvalue weighted by molar-refractivity contribution is 7.99. The third-order valence-electron chi connectivity index (χ3n) is 2.04. The molecule has 1 aromatic carbocycles. The molecule has 0 unspecified atom stereocenters. The highest BCUT2D eigenvalue weighted by Gasteiger charge is 2.11. The number of amides is 1. The van der Waals surface area contributed by atoms with Crippen LogP contribution >= 0.6 is 11.8 Å². The lowest BCUT2D eigenvalue weighted by Gasteiger charge is -2.03. The lowest BCUT2D eigenvalue weighted by Crippen LogP contribution is -2.17. The summed E-state index contributed by atoms with van der Waals surface area (Å²) in [6.07, 6.45) is 0.334. The molecule has 4 nitrogen and oxygen atoms in total. The minimum absolute atomic E-state index is 0.0851. The van der Waals surface area contributed by atoms with E-state index in [1.165, 1.54) is 23.9 Å². The average molecular weight is 257 g/mol. The molecular formula is C11H12FNO3S. The van der Waals surface area contributed by atoms with Gasteiger partial charge in [0.25, 0.3) is 0 Å². The maximum Gasteiger partial charge on any atom is 0.338 e. The number of thioether (sulfide) groups is 1. The van der Waals surface area contributed by atoms with Crippen LogP contribution < -0.4 is 5.32 Å². The van der Waals surface area contributed by atoms with Crippen molar-refractivity contribution in [3.05, 3.63) is 29.6 Å². The van der Waals surface area contributed by atoms with Crippen molar-refractivity contribution in [1.82, 2.24) is 5.32 Å². The van der Waals surface area contributed by atoms with Gasteiger partial charge in [-0.3, -0.25) is 4.79 Å². The highest BCUT2D eigenvalue weighted by Crippen LogP contribution is 2.21. The van der Waals surface area contributed by atoms with Crippen molar-refractivity contribution in [2.45, 2.75) is 11.3 Å². The van der Waals surface area contributed by atoms with E-state index in [2.05, 4.69) is 5.32 Å². The summed E-state index contributed by atoms with van der Waals surface area (Å²) in [7, 11) is 1.55. The first-order chi connectivity index (χ1) is 8.04. The molecular weight excluding hydrogens is 245 g/mol. The van der Waals surface area contributed by atoms with Gasteiger partial charge in [-0.2, -0.15) is 0 Å². The fourth-order valence-corrected chi connectivity index (χ4v) is 2.03. The number of rotatable bonds is 5. The molecule has 0 saturated carbocycles. The topological polar surface area (TPSA) is 66.4 Å². The van der Waals surface area contributed by atoms with Crippen LogP contribution in [-0.2, 0) is 4.79 Å². The van der Waals surface area contributed by atoms with Gasteiger partial charge in [-0.05, 0) is 18.2 Å². The lowest BCUT2D eigenvalue weighted by atomic mass is 10.2. The summed E-state index contributed by atoms with van der Waals surface area (Å²) in [6, 6.07) is 3.88. The molecule has 17 heavy (non-hydrogen) atoms. The Morgan fingerprint density at radius 2 is 2.18 bits per heavy atom. The van der Waals surface area contributed by atoms with Crippen LogP contribution in [0, 0.1) is 5.82 Å². The number of halogens is 1. The molecule has 0 heterocycles. The standard InChI is InChI=1S/C11H12FNO3S/c1-13-10(14)4-5-17-7-2-3-9(12)8(6-7)11(15)16/h2-3,6H,4-5H2,1H3,(H,13,14)(H,15,16). The zero-order chi connectivity index (χ0) is 12.8. The van der Waals surface area contributed by atoms with E-state index in [4.69, 9.17) is 5.11 Å². The summed E-state index contributed by atoms with van der Waals surface area (Å²) in [5.74, 6) is -1.62. The van der Waals surface area contributed by atoms with Crippen LogP contribution in [0.2, 0.25) is 0 Å². The van der Waals surface area contributed by atoms with Crippen LogP contribution in [0.3, 0.4) is 0 Å². The molecule has 0 aliphatic rings.